The van der Waals surface area contributed by atoms with E-state index in [4.69, 9.17) is 0 Å². The predicted octanol–water partition coefficient (Wildman–Crippen LogP) is 4.13. The molecule has 14 heavy (non-hydrogen) atoms. The third-order valence-corrected chi connectivity index (χ3v) is 3.50. The minimum absolute atomic E-state index is 0.328. The van der Waals surface area contributed by atoms with Gasteiger partial charge in [0.2, 0.25) is 0 Å². The molecule has 78 valence electrons. The summed E-state index contributed by atoms with van der Waals surface area (Å²) < 4.78 is 0. The number of carbonyl (C=O) groups excluding carboxylic acids is 1. The van der Waals surface area contributed by atoms with E-state index in [1.165, 1.54) is 11.3 Å². The predicted molar refractivity (Wildman–Crippen MR) is 62.3 cm³/mol. The molecule has 1 nitrogen and oxygen atoms in total. The first-order chi connectivity index (χ1) is 6.65. The SMILES string of the molecule is CCCCCC(=O)c1sc(C)cc1C. The van der Waals surface area contributed by atoms with Crippen LogP contribution in [0, 0.1) is 13.8 Å². The summed E-state index contributed by atoms with van der Waals surface area (Å²) in [5, 5.41) is 0. The summed E-state index contributed by atoms with van der Waals surface area (Å²) >= 11 is 1.63. The van der Waals surface area contributed by atoms with Crippen molar-refractivity contribution in [2.45, 2.75) is 46.5 Å². The third kappa shape index (κ3) is 2.95. The minimum atomic E-state index is 0.328. The molecule has 0 radical (unpaired) electrons. The lowest BCUT2D eigenvalue weighted by molar-refractivity contribution is 0.0982. The van der Waals surface area contributed by atoms with E-state index >= 15 is 0 Å². The van der Waals surface area contributed by atoms with Crippen molar-refractivity contribution in [1.82, 2.24) is 0 Å². The van der Waals surface area contributed by atoms with Gasteiger partial charge in [0.25, 0.3) is 0 Å². The second-order valence-electron chi connectivity index (χ2n) is 3.75. The van der Waals surface area contributed by atoms with Crippen molar-refractivity contribution >= 4 is 17.1 Å². The summed E-state index contributed by atoms with van der Waals surface area (Å²) in [6.45, 7) is 6.24. The van der Waals surface area contributed by atoms with Crippen molar-refractivity contribution in [2.75, 3.05) is 0 Å². The van der Waals surface area contributed by atoms with Gasteiger partial charge in [0.15, 0.2) is 5.78 Å². The second kappa shape index (κ2) is 5.30. The lowest BCUT2D eigenvalue weighted by atomic mass is 10.1. The molecular weight excluding hydrogens is 192 g/mol. The zero-order valence-electron chi connectivity index (χ0n) is 9.22. The lowest BCUT2D eigenvalue weighted by Crippen LogP contribution is -1.97. The maximum atomic E-state index is 11.8. The first-order valence-electron chi connectivity index (χ1n) is 5.25. The van der Waals surface area contributed by atoms with E-state index in [9.17, 15) is 4.79 Å². The molecule has 0 saturated heterocycles. The number of unbranched alkanes of at least 4 members (excludes halogenated alkanes) is 2. The highest BCUT2D eigenvalue weighted by molar-refractivity contribution is 7.14. The Morgan fingerprint density at radius 3 is 2.57 bits per heavy atom. The Morgan fingerprint density at radius 1 is 1.36 bits per heavy atom. The van der Waals surface area contributed by atoms with E-state index in [0.717, 1.165) is 23.3 Å². The summed E-state index contributed by atoms with van der Waals surface area (Å²) in [4.78, 5) is 14.0. The van der Waals surface area contributed by atoms with Crippen LogP contribution in [0.4, 0.5) is 0 Å². The number of thiophene rings is 1. The molecule has 0 bridgehead atoms. The molecule has 0 fully saturated rings. The van der Waals surface area contributed by atoms with Crippen molar-refractivity contribution in [2.24, 2.45) is 0 Å². The normalized spacial score (nSPS) is 10.5. The number of aryl methyl sites for hydroxylation is 2. The topological polar surface area (TPSA) is 17.1 Å². The van der Waals surface area contributed by atoms with Gasteiger partial charge in [0.1, 0.15) is 0 Å². The van der Waals surface area contributed by atoms with E-state index in [0.29, 0.717) is 12.2 Å². The monoisotopic (exact) mass is 210 g/mol. The maximum Gasteiger partial charge on any atom is 0.173 e. The highest BCUT2D eigenvalue weighted by Crippen LogP contribution is 2.23. The average molecular weight is 210 g/mol. The van der Waals surface area contributed by atoms with Crippen molar-refractivity contribution in [3.8, 4) is 0 Å². The summed E-state index contributed by atoms with van der Waals surface area (Å²) in [5.41, 5.74) is 1.15. The molecule has 0 atom stereocenters. The Balaban J connectivity index is 2.56. The lowest BCUT2D eigenvalue weighted by Gasteiger charge is -1.98. The average Bonchev–Trinajstić information content (AvgIpc) is 2.45. The molecular formula is C12H18OS. The van der Waals surface area contributed by atoms with Gasteiger partial charge in [0, 0.05) is 11.3 Å². The smallest absolute Gasteiger partial charge is 0.173 e. The molecule has 0 aliphatic rings. The Morgan fingerprint density at radius 2 is 2.07 bits per heavy atom. The number of rotatable bonds is 5. The Labute approximate surface area is 90.2 Å². The summed E-state index contributed by atoms with van der Waals surface area (Å²) in [5.74, 6) is 0.328. The Hall–Kier alpha value is -0.630. The highest BCUT2D eigenvalue weighted by Gasteiger charge is 2.11. The molecule has 0 aliphatic heterocycles. The molecule has 1 aromatic rings. The van der Waals surface area contributed by atoms with Crippen LogP contribution in [0.25, 0.3) is 0 Å². The number of hydrogen-bond acceptors (Lipinski definition) is 2. The van der Waals surface area contributed by atoms with Crippen molar-refractivity contribution in [1.29, 1.82) is 0 Å². The van der Waals surface area contributed by atoms with Gasteiger partial charge in [-0.1, -0.05) is 19.8 Å². The van der Waals surface area contributed by atoms with Crippen LogP contribution in [0.15, 0.2) is 6.07 Å². The van der Waals surface area contributed by atoms with Gasteiger partial charge in [-0.2, -0.15) is 0 Å². The van der Waals surface area contributed by atoms with Crippen LogP contribution in [-0.2, 0) is 0 Å². The third-order valence-electron chi connectivity index (χ3n) is 2.30. The molecule has 0 spiro atoms. The highest BCUT2D eigenvalue weighted by atomic mass is 32.1. The van der Waals surface area contributed by atoms with E-state index < -0.39 is 0 Å². The molecule has 0 aliphatic carbocycles. The molecule has 1 rings (SSSR count). The largest absolute Gasteiger partial charge is 0.293 e. The van der Waals surface area contributed by atoms with Gasteiger partial charge in [-0.15, -0.1) is 11.3 Å². The van der Waals surface area contributed by atoms with Crippen molar-refractivity contribution in [3.63, 3.8) is 0 Å². The van der Waals surface area contributed by atoms with Crippen molar-refractivity contribution in [3.05, 3.63) is 21.4 Å². The van der Waals surface area contributed by atoms with Gasteiger partial charge in [0.05, 0.1) is 4.88 Å². The minimum Gasteiger partial charge on any atom is -0.293 e. The van der Waals surface area contributed by atoms with Gasteiger partial charge in [-0.3, -0.25) is 4.79 Å². The molecule has 2 heteroatoms. The van der Waals surface area contributed by atoms with Gasteiger partial charge < -0.3 is 0 Å². The fourth-order valence-corrected chi connectivity index (χ4v) is 2.56. The number of Topliss-reactive ketones (excluding diaryl/α,β-unsaturated/α-hetero) is 1. The summed E-state index contributed by atoms with van der Waals surface area (Å²) in [6.07, 6.45) is 4.09. The van der Waals surface area contributed by atoms with Crippen LogP contribution in [0.2, 0.25) is 0 Å². The number of carbonyl (C=O) groups is 1. The Bertz CT molecular complexity index is 312. The fraction of sp³-hybridized carbons (Fsp3) is 0.583. The fourth-order valence-electron chi connectivity index (χ4n) is 1.57. The molecule has 1 heterocycles. The van der Waals surface area contributed by atoms with E-state index in [1.54, 1.807) is 11.3 Å². The van der Waals surface area contributed by atoms with Gasteiger partial charge >= 0.3 is 0 Å². The molecule has 1 aromatic heterocycles. The van der Waals surface area contributed by atoms with Crippen LogP contribution in [-0.4, -0.2) is 5.78 Å². The van der Waals surface area contributed by atoms with Gasteiger partial charge in [-0.25, -0.2) is 0 Å². The number of hydrogen-bond donors (Lipinski definition) is 0. The molecule has 0 saturated carbocycles. The molecule has 0 unspecified atom stereocenters. The zero-order valence-corrected chi connectivity index (χ0v) is 10.0. The number of ketones is 1. The van der Waals surface area contributed by atoms with Crippen LogP contribution < -0.4 is 0 Å². The molecule has 0 amide bonds. The van der Waals surface area contributed by atoms with E-state index in [-0.39, 0.29) is 0 Å². The Kier molecular flexibility index (Phi) is 4.33. The summed E-state index contributed by atoms with van der Waals surface area (Å²) in [7, 11) is 0. The standard InChI is InChI=1S/C12H18OS/c1-4-5-6-7-11(13)12-9(2)8-10(3)14-12/h8H,4-7H2,1-3H3. The maximum absolute atomic E-state index is 11.8. The summed E-state index contributed by atoms with van der Waals surface area (Å²) in [6, 6.07) is 2.09. The van der Waals surface area contributed by atoms with E-state index in [1.807, 2.05) is 6.92 Å². The van der Waals surface area contributed by atoms with Crippen LogP contribution >= 0.6 is 11.3 Å². The van der Waals surface area contributed by atoms with Crippen LogP contribution in [0.5, 0.6) is 0 Å². The zero-order chi connectivity index (χ0) is 10.6. The first kappa shape index (κ1) is 11.4. The second-order valence-corrected chi connectivity index (χ2v) is 5.01. The van der Waals surface area contributed by atoms with E-state index in [2.05, 4.69) is 19.9 Å². The molecule has 0 N–H and O–H groups in total. The van der Waals surface area contributed by atoms with Crippen molar-refractivity contribution < 1.29 is 4.79 Å². The quantitative estimate of drug-likeness (QED) is 0.527. The first-order valence-corrected chi connectivity index (χ1v) is 6.07. The van der Waals surface area contributed by atoms with Crippen LogP contribution in [0.3, 0.4) is 0 Å². The van der Waals surface area contributed by atoms with Gasteiger partial charge in [-0.05, 0) is 31.9 Å². The molecule has 0 aromatic carbocycles. The van der Waals surface area contributed by atoms with Crippen LogP contribution in [0.1, 0.15) is 52.7 Å².